The summed E-state index contributed by atoms with van der Waals surface area (Å²) < 4.78 is 10.5. The zero-order chi connectivity index (χ0) is 20.1. The molecule has 1 amide bonds. The first-order valence-corrected chi connectivity index (χ1v) is 9.13. The number of hydrogen-bond donors (Lipinski definition) is 1. The third kappa shape index (κ3) is 4.50. The minimum atomic E-state index is -0.394. The number of carbonyl (C=O) groups is 2. The van der Waals surface area contributed by atoms with E-state index in [9.17, 15) is 9.59 Å². The largest absolute Gasteiger partial charge is 0.461 e. The van der Waals surface area contributed by atoms with Gasteiger partial charge >= 0.3 is 5.97 Å². The quantitative estimate of drug-likeness (QED) is 0.498. The van der Waals surface area contributed by atoms with Gasteiger partial charge in [0.15, 0.2) is 5.58 Å². The molecule has 0 radical (unpaired) electrons. The number of para-hydroxylation sites is 2. The Hall–Kier alpha value is -3.93. The van der Waals surface area contributed by atoms with Gasteiger partial charge in [-0.25, -0.2) is 0 Å². The number of aromatic nitrogens is 1. The molecule has 0 aliphatic carbocycles. The Morgan fingerprint density at radius 1 is 0.897 bits per heavy atom. The normalized spacial score (nSPS) is 10.6. The van der Waals surface area contributed by atoms with E-state index in [1.165, 1.54) is 0 Å². The second kappa shape index (κ2) is 8.39. The highest BCUT2D eigenvalue weighted by molar-refractivity contribution is 6.04. The van der Waals surface area contributed by atoms with Gasteiger partial charge in [-0.15, -0.1) is 0 Å². The lowest BCUT2D eigenvalue weighted by atomic mass is 10.1. The highest BCUT2D eigenvalue weighted by Crippen LogP contribution is 2.18. The molecule has 0 aliphatic heterocycles. The molecule has 1 aromatic heterocycles. The minimum absolute atomic E-state index is 0.0363. The highest BCUT2D eigenvalue weighted by atomic mass is 16.5. The summed E-state index contributed by atoms with van der Waals surface area (Å²) in [6.07, 6.45) is 0.0363. The molecule has 1 heterocycles. The minimum Gasteiger partial charge on any atom is -0.461 e. The number of nitrogens with zero attached hydrogens (tertiary/aromatic N) is 1. The Morgan fingerprint density at radius 3 is 2.41 bits per heavy atom. The number of benzene rings is 3. The second-order valence-corrected chi connectivity index (χ2v) is 6.48. The number of fused-ring (bicyclic) bond motifs is 1. The number of nitrogens with one attached hydrogen (secondary N) is 1. The predicted octanol–water partition coefficient (Wildman–Crippen LogP) is 4.37. The summed E-state index contributed by atoms with van der Waals surface area (Å²) in [4.78, 5) is 24.4. The van der Waals surface area contributed by atoms with Crippen LogP contribution < -0.4 is 5.32 Å². The standard InChI is InChI=1S/C23H18N2O4/c26-22(14-20-19-8-4-5-9-21(19)29-25-20)28-15-16-10-12-17(13-11-16)23(27)24-18-6-2-1-3-7-18/h1-13H,14-15H2,(H,24,27). The van der Waals surface area contributed by atoms with Gasteiger partial charge in [0.05, 0.1) is 6.42 Å². The van der Waals surface area contributed by atoms with Gasteiger partial charge < -0.3 is 14.6 Å². The number of hydrogen-bond acceptors (Lipinski definition) is 5. The highest BCUT2D eigenvalue weighted by Gasteiger charge is 2.13. The lowest BCUT2D eigenvalue weighted by Gasteiger charge is -2.07. The lowest BCUT2D eigenvalue weighted by Crippen LogP contribution is -2.12. The summed E-state index contributed by atoms with van der Waals surface area (Å²) >= 11 is 0. The molecule has 4 rings (SSSR count). The van der Waals surface area contributed by atoms with E-state index < -0.39 is 5.97 Å². The molecule has 0 bridgehead atoms. The van der Waals surface area contributed by atoms with Crippen LogP contribution in [0.25, 0.3) is 11.0 Å². The number of ether oxygens (including phenoxy) is 1. The molecule has 6 heteroatoms. The van der Waals surface area contributed by atoms with Crippen LogP contribution in [-0.2, 0) is 22.6 Å². The average molecular weight is 386 g/mol. The third-order valence-electron chi connectivity index (χ3n) is 4.41. The Bertz CT molecular complexity index is 1130. The molecule has 0 saturated heterocycles. The van der Waals surface area contributed by atoms with Crippen molar-refractivity contribution in [1.82, 2.24) is 5.16 Å². The van der Waals surface area contributed by atoms with Gasteiger partial charge in [-0.1, -0.05) is 47.6 Å². The van der Waals surface area contributed by atoms with Crippen LogP contribution >= 0.6 is 0 Å². The van der Waals surface area contributed by atoms with E-state index >= 15 is 0 Å². The van der Waals surface area contributed by atoms with Crippen LogP contribution in [0.3, 0.4) is 0 Å². The molecule has 0 saturated carbocycles. The van der Waals surface area contributed by atoms with Crippen molar-refractivity contribution in [1.29, 1.82) is 0 Å². The molecule has 0 atom stereocenters. The molecule has 1 N–H and O–H groups in total. The van der Waals surface area contributed by atoms with Gasteiger partial charge in [0.2, 0.25) is 0 Å². The second-order valence-electron chi connectivity index (χ2n) is 6.48. The van der Waals surface area contributed by atoms with Crippen molar-refractivity contribution in [2.75, 3.05) is 5.32 Å². The van der Waals surface area contributed by atoms with Crippen molar-refractivity contribution >= 4 is 28.5 Å². The molecule has 144 valence electrons. The fraction of sp³-hybridized carbons (Fsp3) is 0.0870. The van der Waals surface area contributed by atoms with Crippen molar-refractivity contribution in [2.45, 2.75) is 13.0 Å². The predicted molar refractivity (Wildman–Crippen MR) is 108 cm³/mol. The fourth-order valence-corrected chi connectivity index (χ4v) is 2.89. The van der Waals surface area contributed by atoms with Crippen LogP contribution in [0.1, 0.15) is 21.6 Å². The van der Waals surface area contributed by atoms with Crippen LogP contribution in [0.2, 0.25) is 0 Å². The number of carbonyl (C=O) groups excluding carboxylic acids is 2. The Balaban J connectivity index is 1.32. The lowest BCUT2D eigenvalue weighted by molar-refractivity contribution is -0.144. The van der Waals surface area contributed by atoms with Crippen LogP contribution in [0.5, 0.6) is 0 Å². The fourth-order valence-electron chi connectivity index (χ4n) is 2.89. The van der Waals surface area contributed by atoms with Crippen molar-refractivity contribution in [2.24, 2.45) is 0 Å². The van der Waals surface area contributed by atoms with Crippen molar-refractivity contribution in [3.63, 3.8) is 0 Å². The molecule has 4 aromatic rings. The number of rotatable bonds is 6. The van der Waals surface area contributed by atoms with Crippen LogP contribution in [0.15, 0.2) is 83.4 Å². The first kappa shape index (κ1) is 18.4. The molecule has 0 unspecified atom stereocenters. The summed E-state index contributed by atoms with van der Waals surface area (Å²) in [5.41, 5.74) is 3.24. The Morgan fingerprint density at radius 2 is 1.62 bits per heavy atom. The van der Waals surface area contributed by atoms with Crippen LogP contribution in [-0.4, -0.2) is 17.0 Å². The van der Waals surface area contributed by atoms with E-state index in [1.54, 1.807) is 30.3 Å². The van der Waals surface area contributed by atoms with Gasteiger partial charge in [-0.3, -0.25) is 9.59 Å². The van der Waals surface area contributed by atoms with E-state index in [1.807, 2.05) is 48.5 Å². The maximum Gasteiger partial charge on any atom is 0.312 e. The number of esters is 1. The SMILES string of the molecule is O=C(Cc1noc2ccccc12)OCc1ccc(C(=O)Nc2ccccc2)cc1. The maximum atomic E-state index is 12.3. The van der Waals surface area contributed by atoms with Crippen molar-refractivity contribution in [3.8, 4) is 0 Å². The first-order chi connectivity index (χ1) is 14.2. The molecular formula is C23H18N2O4. The van der Waals surface area contributed by atoms with Gasteiger partial charge in [-0.2, -0.15) is 0 Å². The van der Waals surface area contributed by atoms with E-state index in [-0.39, 0.29) is 18.9 Å². The summed E-state index contributed by atoms with van der Waals surface area (Å²) in [7, 11) is 0. The summed E-state index contributed by atoms with van der Waals surface area (Å²) in [6.45, 7) is 0.120. The van der Waals surface area contributed by atoms with E-state index in [2.05, 4.69) is 10.5 Å². The van der Waals surface area contributed by atoms with Gasteiger partial charge in [0.1, 0.15) is 12.3 Å². The molecular weight excluding hydrogens is 368 g/mol. The topological polar surface area (TPSA) is 81.4 Å². The molecule has 29 heavy (non-hydrogen) atoms. The summed E-state index contributed by atoms with van der Waals surface area (Å²) in [6, 6.07) is 23.5. The van der Waals surface area contributed by atoms with Crippen LogP contribution in [0.4, 0.5) is 5.69 Å². The zero-order valence-corrected chi connectivity index (χ0v) is 15.5. The van der Waals surface area contributed by atoms with E-state index in [0.29, 0.717) is 16.8 Å². The third-order valence-corrected chi connectivity index (χ3v) is 4.41. The Labute approximate surface area is 167 Å². The number of anilines is 1. The van der Waals surface area contributed by atoms with Gasteiger partial charge in [0.25, 0.3) is 5.91 Å². The molecule has 0 fully saturated rings. The average Bonchev–Trinajstić information content (AvgIpc) is 3.16. The van der Waals surface area contributed by atoms with Crippen molar-refractivity contribution < 1.29 is 18.8 Å². The van der Waals surface area contributed by atoms with Gasteiger partial charge in [0, 0.05) is 16.6 Å². The maximum absolute atomic E-state index is 12.3. The first-order valence-electron chi connectivity index (χ1n) is 9.13. The monoisotopic (exact) mass is 386 g/mol. The van der Waals surface area contributed by atoms with Gasteiger partial charge in [-0.05, 0) is 42.0 Å². The van der Waals surface area contributed by atoms with Crippen LogP contribution in [0, 0.1) is 0 Å². The smallest absolute Gasteiger partial charge is 0.312 e. The zero-order valence-electron chi connectivity index (χ0n) is 15.5. The number of amides is 1. The molecule has 3 aromatic carbocycles. The van der Waals surface area contributed by atoms with E-state index in [4.69, 9.17) is 9.26 Å². The van der Waals surface area contributed by atoms with Crippen molar-refractivity contribution in [3.05, 3.63) is 95.7 Å². The Kier molecular flexibility index (Phi) is 5.33. The molecule has 6 nitrogen and oxygen atoms in total. The summed E-state index contributed by atoms with van der Waals surface area (Å²) in [5, 5.41) is 7.57. The molecule has 0 aliphatic rings. The molecule has 0 spiro atoms. The van der Waals surface area contributed by atoms with E-state index in [0.717, 1.165) is 16.6 Å². The summed E-state index contributed by atoms with van der Waals surface area (Å²) in [5.74, 6) is -0.590.